The Kier molecular flexibility index (Phi) is 5.00. The summed E-state index contributed by atoms with van der Waals surface area (Å²) in [4.78, 5) is 8.56. The summed E-state index contributed by atoms with van der Waals surface area (Å²) in [6, 6.07) is 8.52. The third kappa shape index (κ3) is 3.31. The molecule has 1 aliphatic carbocycles. The van der Waals surface area contributed by atoms with Crippen molar-refractivity contribution < 1.29 is 4.74 Å². The topological polar surface area (TPSA) is 87.2 Å². The van der Waals surface area contributed by atoms with E-state index in [0.717, 1.165) is 29.3 Å². The third-order valence-electron chi connectivity index (χ3n) is 5.89. The van der Waals surface area contributed by atoms with Crippen molar-refractivity contribution in [2.45, 2.75) is 45.4 Å². The molecule has 0 amide bonds. The Morgan fingerprint density at radius 3 is 2.81 bits per heavy atom. The van der Waals surface area contributed by atoms with Gasteiger partial charge < -0.3 is 15.4 Å². The van der Waals surface area contributed by atoms with Crippen LogP contribution < -0.4 is 10.6 Å². The number of methoxy groups -OCH3 is 1. The first-order valence-corrected chi connectivity index (χ1v) is 8.86. The Hall–Kier alpha value is -2.41. The molecule has 1 aromatic heterocycles. The Morgan fingerprint density at radius 1 is 1.38 bits per heavy atom. The van der Waals surface area contributed by atoms with Crippen molar-refractivity contribution in [3.05, 3.63) is 36.2 Å². The normalized spacial score (nSPS) is 24.8. The number of benzene rings is 1. The molecule has 140 valence electrons. The second-order valence-corrected chi connectivity index (χ2v) is 7.52. The van der Waals surface area contributed by atoms with Crippen LogP contribution in [0.15, 0.2) is 35.6 Å². The SMILES string of the molecule is CN=C(NCc1cccc(-c2ncn[nH]2)c1)NC1CC(C)(OC)C1(C)C. The number of H-pyrrole nitrogens is 1. The Morgan fingerprint density at radius 2 is 2.19 bits per heavy atom. The molecule has 0 spiro atoms. The smallest absolute Gasteiger partial charge is 0.191 e. The van der Waals surface area contributed by atoms with Gasteiger partial charge in [0.25, 0.3) is 0 Å². The molecule has 0 saturated heterocycles. The van der Waals surface area contributed by atoms with Gasteiger partial charge in [-0.25, -0.2) is 4.98 Å². The van der Waals surface area contributed by atoms with E-state index in [9.17, 15) is 0 Å². The molecule has 0 bridgehead atoms. The second-order valence-electron chi connectivity index (χ2n) is 7.52. The molecule has 3 rings (SSSR count). The molecule has 7 nitrogen and oxygen atoms in total. The lowest BCUT2D eigenvalue weighted by Gasteiger charge is -2.59. The maximum atomic E-state index is 5.70. The molecular formula is C19H28N6O. The first kappa shape index (κ1) is 18.4. The molecule has 1 aliphatic rings. The number of hydrogen-bond acceptors (Lipinski definition) is 4. The van der Waals surface area contributed by atoms with Gasteiger partial charge in [0.15, 0.2) is 11.8 Å². The van der Waals surface area contributed by atoms with Crippen LogP contribution in [0.2, 0.25) is 0 Å². The summed E-state index contributed by atoms with van der Waals surface area (Å²) in [6.45, 7) is 7.30. The maximum absolute atomic E-state index is 5.70. The van der Waals surface area contributed by atoms with Crippen molar-refractivity contribution >= 4 is 5.96 Å². The van der Waals surface area contributed by atoms with Crippen molar-refractivity contribution in [1.29, 1.82) is 0 Å². The van der Waals surface area contributed by atoms with E-state index >= 15 is 0 Å². The van der Waals surface area contributed by atoms with Crippen LogP contribution in [0, 0.1) is 5.41 Å². The number of hydrogen-bond donors (Lipinski definition) is 3. The summed E-state index contributed by atoms with van der Waals surface area (Å²) >= 11 is 0. The predicted octanol–water partition coefficient (Wildman–Crippen LogP) is 2.34. The molecule has 2 unspecified atom stereocenters. The maximum Gasteiger partial charge on any atom is 0.191 e. The molecule has 26 heavy (non-hydrogen) atoms. The summed E-state index contributed by atoms with van der Waals surface area (Å²) in [5, 5.41) is 13.7. The van der Waals surface area contributed by atoms with Gasteiger partial charge in [0.2, 0.25) is 0 Å². The average molecular weight is 356 g/mol. The van der Waals surface area contributed by atoms with Gasteiger partial charge in [-0.15, -0.1) is 0 Å². The van der Waals surface area contributed by atoms with Gasteiger partial charge in [-0.2, -0.15) is 5.10 Å². The monoisotopic (exact) mass is 356 g/mol. The molecule has 3 N–H and O–H groups in total. The molecular weight excluding hydrogens is 328 g/mol. The average Bonchev–Trinajstić information content (AvgIpc) is 3.19. The lowest BCUT2D eigenvalue weighted by atomic mass is 9.56. The quantitative estimate of drug-likeness (QED) is 0.565. The van der Waals surface area contributed by atoms with Gasteiger partial charge >= 0.3 is 0 Å². The van der Waals surface area contributed by atoms with Crippen molar-refractivity contribution in [2.75, 3.05) is 14.2 Å². The van der Waals surface area contributed by atoms with E-state index in [1.807, 2.05) is 12.1 Å². The number of rotatable bonds is 5. The number of aromatic amines is 1. The van der Waals surface area contributed by atoms with E-state index < -0.39 is 0 Å². The van der Waals surface area contributed by atoms with E-state index in [2.05, 4.69) is 63.7 Å². The predicted molar refractivity (Wildman–Crippen MR) is 103 cm³/mol. The lowest BCUT2D eigenvalue weighted by molar-refractivity contribution is -0.176. The van der Waals surface area contributed by atoms with Crippen molar-refractivity contribution in [3.8, 4) is 11.4 Å². The minimum absolute atomic E-state index is 0.0333. The van der Waals surface area contributed by atoms with Gasteiger partial charge in [0.05, 0.1) is 5.60 Å². The fraction of sp³-hybridized carbons (Fsp3) is 0.526. The molecule has 2 atom stereocenters. The van der Waals surface area contributed by atoms with Gasteiger partial charge in [0.1, 0.15) is 6.33 Å². The molecule has 1 saturated carbocycles. The standard InChI is InChI=1S/C19H28N6O/c1-18(2)15(10-19(18,3)26-5)24-17(20-4)21-11-13-7-6-8-14(9-13)16-22-12-23-25-16/h6-9,12,15H,10-11H2,1-5H3,(H2,20,21,24)(H,22,23,25). The van der Waals surface area contributed by atoms with Crippen molar-refractivity contribution in [1.82, 2.24) is 25.8 Å². The first-order valence-electron chi connectivity index (χ1n) is 8.86. The number of aliphatic imine (C=N–C) groups is 1. The van der Waals surface area contributed by atoms with Crippen LogP contribution in [0.5, 0.6) is 0 Å². The molecule has 1 heterocycles. The minimum Gasteiger partial charge on any atom is -0.378 e. The Bertz CT molecular complexity index is 770. The fourth-order valence-electron chi connectivity index (χ4n) is 3.44. The number of nitrogens with zero attached hydrogens (tertiary/aromatic N) is 3. The largest absolute Gasteiger partial charge is 0.378 e. The minimum atomic E-state index is -0.102. The van der Waals surface area contributed by atoms with Crippen LogP contribution in [0.3, 0.4) is 0 Å². The molecule has 1 aromatic carbocycles. The number of ether oxygens (including phenoxy) is 1. The fourth-order valence-corrected chi connectivity index (χ4v) is 3.44. The van der Waals surface area contributed by atoms with Crippen LogP contribution in [-0.4, -0.2) is 46.9 Å². The van der Waals surface area contributed by atoms with E-state index in [-0.39, 0.29) is 11.0 Å². The molecule has 2 aromatic rings. The van der Waals surface area contributed by atoms with E-state index in [0.29, 0.717) is 12.6 Å². The molecule has 0 aliphatic heterocycles. The molecule has 0 radical (unpaired) electrons. The van der Waals surface area contributed by atoms with Crippen LogP contribution in [0.4, 0.5) is 0 Å². The summed E-state index contributed by atoms with van der Waals surface area (Å²) in [6.07, 6.45) is 2.47. The molecule has 7 heteroatoms. The number of guanidine groups is 1. The summed E-state index contributed by atoms with van der Waals surface area (Å²) < 4.78 is 5.70. The highest BCUT2D eigenvalue weighted by molar-refractivity contribution is 5.80. The summed E-state index contributed by atoms with van der Waals surface area (Å²) in [5.41, 5.74) is 2.10. The highest BCUT2D eigenvalue weighted by Crippen LogP contribution is 2.51. The van der Waals surface area contributed by atoms with Gasteiger partial charge in [-0.1, -0.05) is 32.0 Å². The zero-order valence-corrected chi connectivity index (χ0v) is 16.1. The van der Waals surface area contributed by atoms with Crippen LogP contribution in [-0.2, 0) is 11.3 Å². The third-order valence-corrected chi connectivity index (χ3v) is 5.89. The highest BCUT2D eigenvalue weighted by atomic mass is 16.5. The van der Waals surface area contributed by atoms with E-state index in [4.69, 9.17) is 4.74 Å². The zero-order valence-electron chi connectivity index (χ0n) is 16.1. The van der Waals surface area contributed by atoms with Crippen LogP contribution >= 0.6 is 0 Å². The van der Waals surface area contributed by atoms with Crippen molar-refractivity contribution in [2.24, 2.45) is 10.4 Å². The first-order chi connectivity index (χ1) is 12.4. The van der Waals surface area contributed by atoms with Crippen molar-refractivity contribution in [3.63, 3.8) is 0 Å². The lowest BCUT2D eigenvalue weighted by Crippen LogP contribution is -2.69. The highest BCUT2D eigenvalue weighted by Gasteiger charge is 2.58. The van der Waals surface area contributed by atoms with Crippen LogP contribution in [0.1, 0.15) is 32.8 Å². The number of nitrogens with one attached hydrogen (secondary N) is 3. The van der Waals surface area contributed by atoms with Gasteiger partial charge in [-0.3, -0.25) is 10.1 Å². The Labute approximate surface area is 154 Å². The summed E-state index contributed by atoms with van der Waals surface area (Å²) in [7, 11) is 3.58. The second kappa shape index (κ2) is 7.07. The zero-order chi connectivity index (χ0) is 18.8. The molecule has 1 fully saturated rings. The summed E-state index contributed by atoms with van der Waals surface area (Å²) in [5.74, 6) is 1.57. The van der Waals surface area contributed by atoms with Gasteiger partial charge in [0, 0.05) is 37.7 Å². The number of aromatic nitrogens is 3. The van der Waals surface area contributed by atoms with Gasteiger partial charge in [-0.05, 0) is 25.0 Å². The van der Waals surface area contributed by atoms with Crippen LogP contribution in [0.25, 0.3) is 11.4 Å². The Balaban J connectivity index is 1.60. The van der Waals surface area contributed by atoms with E-state index in [1.165, 1.54) is 6.33 Å². The van der Waals surface area contributed by atoms with E-state index in [1.54, 1.807) is 14.2 Å².